The zero-order valence-corrected chi connectivity index (χ0v) is 45.1. The molecule has 6 heterocycles. The van der Waals surface area contributed by atoms with Crippen molar-refractivity contribution < 1.29 is 33.4 Å². The molecule has 3 aromatic carbocycles. The molecule has 0 aliphatic carbocycles. The molecule has 2 saturated heterocycles. The van der Waals surface area contributed by atoms with Gasteiger partial charge in [0.15, 0.2) is 5.65 Å². The van der Waals surface area contributed by atoms with Crippen LogP contribution in [0.4, 0.5) is 11.6 Å². The van der Waals surface area contributed by atoms with E-state index in [0.717, 1.165) is 94.4 Å². The van der Waals surface area contributed by atoms with Crippen molar-refractivity contribution in [2.45, 2.75) is 110 Å². The first-order valence-electron chi connectivity index (χ1n) is 26.6. The number of likely N-dealkylation sites (tertiary alicyclic amines) is 1. The van der Waals surface area contributed by atoms with Crippen LogP contribution in [0.25, 0.3) is 27.2 Å². The van der Waals surface area contributed by atoms with Gasteiger partial charge in [0.25, 0.3) is 0 Å². The van der Waals surface area contributed by atoms with E-state index in [1.807, 2.05) is 103 Å². The standard InChI is InChI=1S/C58H69N11O7S/c1-39-52(77-38-62-39)43-18-16-40(17-19-43)33-59-55(73)49-32-45(70)36-68(49)56(74)53(58(2,3)4)64-50(71)15-8-6-5-7-9-28-75-46-13-10-12-41(30-46)31-51(72)67-26-24-66(25-27-67)44-22-20-42(21-23-44)48-35-61-57(69-37-63-65-54(48)69)60-34-47-14-11-29-76-47/h10-14,16-23,29-30,35,37-38,45,49,53,70H,5-9,15,24-28,31-34,36H2,1-4H3,(H,59,73)(H,60,61)(H,64,71)/t45-,49+,53-/m1/s1. The molecule has 2 fully saturated rings. The first-order chi connectivity index (χ1) is 37.3. The Morgan fingerprint density at radius 1 is 0.870 bits per heavy atom. The van der Waals surface area contributed by atoms with Gasteiger partial charge in [-0.15, -0.1) is 21.5 Å². The lowest BCUT2D eigenvalue weighted by Crippen LogP contribution is -2.57. The molecule has 0 bridgehead atoms. The van der Waals surface area contributed by atoms with Crippen molar-refractivity contribution in [3.05, 3.63) is 132 Å². The molecule has 3 atom stereocenters. The summed E-state index contributed by atoms with van der Waals surface area (Å²) in [5.41, 5.74) is 8.68. The van der Waals surface area contributed by atoms with E-state index >= 15 is 0 Å². The molecule has 0 unspecified atom stereocenters. The Bertz CT molecular complexity index is 3090. The largest absolute Gasteiger partial charge is 0.494 e. The van der Waals surface area contributed by atoms with Gasteiger partial charge in [0.05, 0.1) is 48.0 Å². The van der Waals surface area contributed by atoms with Crippen LogP contribution in [0.15, 0.2) is 114 Å². The molecular weight excluding hydrogens is 995 g/mol. The highest BCUT2D eigenvalue weighted by atomic mass is 32.1. The van der Waals surface area contributed by atoms with Crippen molar-refractivity contribution in [2.75, 3.05) is 49.5 Å². The van der Waals surface area contributed by atoms with Crippen molar-refractivity contribution in [2.24, 2.45) is 5.41 Å². The Morgan fingerprint density at radius 2 is 1.64 bits per heavy atom. The van der Waals surface area contributed by atoms with Crippen LogP contribution < -0.4 is 25.6 Å². The van der Waals surface area contributed by atoms with Crippen molar-refractivity contribution in [1.82, 2.24) is 45.0 Å². The number of carbonyl (C=O) groups excluding carboxylic acids is 4. The number of furan rings is 1. The molecule has 4 N–H and O–H groups in total. The second-order valence-electron chi connectivity index (χ2n) is 21.0. The summed E-state index contributed by atoms with van der Waals surface area (Å²) in [6.07, 6.45) is 9.18. The maximum atomic E-state index is 14.1. The number of carbonyl (C=O) groups is 4. The summed E-state index contributed by atoms with van der Waals surface area (Å²) in [7, 11) is 0. The minimum absolute atomic E-state index is 0.0219. The van der Waals surface area contributed by atoms with Crippen LogP contribution in [0.1, 0.15) is 88.3 Å². The Balaban J connectivity index is 0.652. The summed E-state index contributed by atoms with van der Waals surface area (Å²) < 4.78 is 13.4. The van der Waals surface area contributed by atoms with E-state index in [1.165, 1.54) is 4.90 Å². The van der Waals surface area contributed by atoms with Gasteiger partial charge in [-0.3, -0.25) is 23.6 Å². The number of hydrogen-bond donors (Lipinski definition) is 4. The van der Waals surface area contributed by atoms with Crippen LogP contribution in [-0.2, 0) is 38.7 Å². The molecule has 4 amide bonds. The Labute approximate surface area is 453 Å². The van der Waals surface area contributed by atoms with E-state index in [2.05, 4.69) is 65.3 Å². The lowest BCUT2D eigenvalue weighted by atomic mass is 9.85. The van der Waals surface area contributed by atoms with Crippen LogP contribution >= 0.6 is 11.3 Å². The third-order valence-corrected chi connectivity index (χ3v) is 15.3. The van der Waals surface area contributed by atoms with Crippen molar-refractivity contribution in [3.8, 4) is 27.3 Å². The summed E-state index contributed by atoms with van der Waals surface area (Å²) in [6, 6.07) is 26.1. The number of β-amino-alcohol motifs (C(OH)–C–C–N with tert-alkyl or cyclic N) is 1. The second kappa shape index (κ2) is 25.0. The van der Waals surface area contributed by atoms with E-state index in [1.54, 1.807) is 30.1 Å². The van der Waals surface area contributed by atoms with Gasteiger partial charge in [0.2, 0.25) is 29.6 Å². The minimum Gasteiger partial charge on any atom is -0.494 e. The predicted molar refractivity (Wildman–Crippen MR) is 296 cm³/mol. The summed E-state index contributed by atoms with van der Waals surface area (Å²) in [5.74, 6) is 1.32. The number of benzene rings is 3. The number of thiazole rings is 1. The summed E-state index contributed by atoms with van der Waals surface area (Å²) in [5, 5.41) is 28.3. The Kier molecular flexibility index (Phi) is 17.6. The molecule has 0 spiro atoms. The van der Waals surface area contributed by atoms with Crippen molar-refractivity contribution in [1.29, 1.82) is 0 Å². The minimum atomic E-state index is -0.870. The topological polar surface area (TPSA) is 213 Å². The number of aliphatic hydroxyl groups excluding tert-OH is 1. The first-order valence-corrected chi connectivity index (χ1v) is 27.5. The SMILES string of the molecule is Cc1ncsc1-c1ccc(CNC(=O)[C@@H]2C[C@@H](O)CN2C(=O)[C@@H](NC(=O)CCCCCCCOc2cccc(CC(=O)N3CCN(c4ccc(-c5cnc(NCc6ccco6)n6cnnc56)cc4)CC3)c2)C(C)(C)C)cc1. The molecule has 4 aromatic heterocycles. The van der Waals surface area contributed by atoms with E-state index in [-0.39, 0.29) is 49.6 Å². The smallest absolute Gasteiger partial charge is 0.246 e. The van der Waals surface area contributed by atoms with E-state index in [4.69, 9.17) is 9.15 Å². The number of fused-ring (bicyclic) bond motifs is 1. The van der Waals surface area contributed by atoms with Gasteiger partial charge in [-0.25, -0.2) is 9.97 Å². The number of unbranched alkanes of at least 4 members (excludes halogenated alkanes) is 4. The summed E-state index contributed by atoms with van der Waals surface area (Å²) in [4.78, 5) is 70.0. The third kappa shape index (κ3) is 13.9. The van der Waals surface area contributed by atoms with Gasteiger partial charge >= 0.3 is 0 Å². The molecule has 0 radical (unpaired) electrons. The van der Waals surface area contributed by atoms with Gasteiger partial charge < -0.3 is 44.9 Å². The average molecular weight is 1060 g/mol. The van der Waals surface area contributed by atoms with Gasteiger partial charge in [0.1, 0.15) is 29.9 Å². The molecule has 0 saturated carbocycles. The number of nitrogens with zero attached hydrogens (tertiary/aromatic N) is 8. The fourth-order valence-electron chi connectivity index (χ4n) is 9.95. The number of piperazine rings is 1. The zero-order valence-electron chi connectivity index (χ0n) is 44.3. The number of rotatable bonds is 22. The zero-order chi connectivity index (χ0) is 53.9. The van der Waals surface area contributed by atoms with E-state index in [9.17, 15) is 24.3 Å². The predicted octanol–water partition coefficient (Wildman–Crippen LogP) is 7.85. The monoisotopic (exact) mass is 1060 g/mol. The number of nitrogens with one attached hydrogen (secondary N) is 3. The first kappa shape index (κ1) is 54.2. The van der Waals surface area contributed by atoms with Crippen LogP contribution in [0.2, 0.25) is 0 Å². The van der Waals surface area contributed by atoms with Crippen LogP contribution in [-0.4, -0.2) is 121 Å². The molecular formula is C58H69N11O7S. The highest BCUT2D eigenvalue weighted by Gasteiger charge is 2.44. The normalized spacial score (nSPS) is 16.1. The van der Waals surface area contributed by atoms with Crippen LogP contribution in [0, 0.1) is 12.3 Å². The fourth-order valence-corrected chi connectivity index (χ4v) is 10.8. The maximum Gasteiger partial charge on any atom is 0.246 e. The quantitative estimate of drug-likeness (QED) is 0.0477. The summed E-state index contributed by atoms with van der Waals surface area (Å²) >= 11 is 1.58. The number of aromatic nitrogens is 5. The molecule has 404 valence electrons. The van der Waals surface area contributed by atoms with Crippen molar-refractivity contribution >= 4 is 52.2 Å². The number of aryl methyl sites for hydroxylation is 1. The lowest BCUT2D eigenvalue weighted by molar-refractivity contribution is -0.144. The number of amides is 4. The molecule has 7 aromatic rings. The van der Waals surface area contributed by atoms with Gasteiger partial charge in [-0.05, 0) is 83.8 Å². The number of hydrogen-bond acceptors (Lipinski definition) is 14. The summed E-state index contributed by atoms with van der Waals surface area (Å²) in [6.45, 7) is 11.7. The highest BCUT2D eigenvalue weighted by Crippen LogP contribution is 2.31. The number of anilines is 2. The van der Waals surface area contributed by atoms with E-state index in [0.29, 0.717) is 50.7 Å². The highest BCUT2D eigenvalue weighted by molar-refractivity contribution is 7.13. The molecule has 18 nitrogen and oxygen atoms in total. The van der Waals surface area contributed by atoms with Crippen LogP contribution in [0.5, 0.6) is 5.75 Å². The molecule has 77 heavy (non-hydrogen) atoms. The molecule has 2 aliphatic heterocycles. The second-order valence-corrected chi connectivity index (χ2v) is 21.9. The molecule has 19 heteroatoms. The lowest BCUT2D eigenvalue weighted by Gasteiger charge is -2.36. The fraction of sp³-hybridized carbons (Fsp3) is 0.414. The van der Waals surface area contributed by atoms with Crippen molar-refractivity contribution in [3.63, 3.8) is 0 Å². The van der Waals surface area contributed by atoms with Gasteiger partial charge in [0, 0.05) is 69.6 Å². The maximum absolute atomic E-state index is 14.1. The Morgan fingerprint density at radius 3 is 2.38 bits per heavy atom. The third-order valence-electron chi connectivity index (χ3n) is 14.3. The number of aliphatic hydroxyl groups is 1. The van der Waals surface area contributed by atoms with E-state index < -0.39 is 23.6 Å². The molecule has 9 rings (SSSR count). The van der Waals surface area contributed by atoms with Gasteiger partial charge in [-0.2, -0.15) is 0 Å². The van der Waals surface area contributed by atoms with Gasteiger partial charge in [-0.1, -0.05) is 88.6 Å². The number of ether oxygens (including phenoxy) is 1. The van der Waals surface area contributed by atoms with Crippen LogP contribution in [0.3, 0.4) is 0 Å². The Hall–Kier alpha value is -7.64. The molecule has 2 aliphatic rings. The average Bonchev–Trinajstić information content (AvgIpc) is 4.32.